The lowest BCUT2D eigenvalue weighted by molar-refractivity contribution is -0.525. The monoisotopic (exact) mass is 423 g/mol. The highest BCUT2D eigenvalue weighted by Crippen LogP contribution is 2.35. The van der Waals surface area contributed by atoms with E-state index in [4.69, 9.17) is 5.73 Å². The molecule has 1 saturated carbocycles. The average Bonchev–Trinajstić information content (AvgIpc) is 3.12. The maximum Gasteiger partial charge on any atom is 0.293 e. The van der Waals surface area contributed by atoms with E-state index in [1.807, 2.05) is 0 Å². The molecule has 2 amide bonds. The van der Waals surface area contributed by atoms with Crippen molar-refractivity contribution in [3.8, 4) is 0 Å². The summed E-state index contributed by atoms with van der Waals surface area (Å²) in [6.07, 6.45) is 6.49. The highest BCUT2D eigenvalue weighted by Gasteiger charge is 2.41. The summed E-state index contributed by atoms with van der Waals surface area (Å²) in [5.74, 6) is 1.39. The number of carbonyl (C=O) groups excluding carboxylic acids is 2. The number of nitrogens with two attached hydrogens (primary N) is 1. The van der Waals surface area contributed by atoms with Crippen molar-refractivity contribution in [2.45, 2.75) is 25.7 Å². The number of halogens is 2. The number of hydrogen-bond acceptors (Lipinski definition) is 4. The van der Waals surface area contributed by atoms with E-state index in [9.17, 15) is 14.0 Å². The van der Waals surface area contributed by atoms with Gasteiger partial charge in [-0.1, -0.05) is 25.0 Å². The van der Waals surface area contributed by atoms with Crippen LogP contribution in [0.2, 0.25) is 0 Å². The van der Waals surface area contributed by atoms with Crippen molar-refractivity contribution in [3.05, 3.63) is 40.6 Å². The van der Waals surface area contributed by atoms with Gasteiger partial charge in [0.15, 0.2) is 0 Å². The highest BCUT2D eigenvalue weighted by atomic mass is 35.5. The van der Waals surface area contributed by atoms with Crippen LogP contribution in [0.15, 0.2) is 29.2 Å². The van der Waals surface area contributed by atoms with E-state index in [0.29, 0.717) is 35.4 Å². The molecule has 2 N–H and O–H groups in total. The van der Waals surface area contributed by atoms with Gasteiger partial charge in [0, 0.05) is 5.92 Å². The van der Waals surface area contributed by atoms with Crippen LogP contribution in [0.25, 0.3) is 6.08 Å². The first-order chi connectivity index (χ1) is 13.0. The Balaban J connectivity index is 0.00000225. The van der Waals surface area contributed by atoms with Crippen LogP contribution in [-0.2, 0) is 4.79 Å². The van der Waals surface area contributed by atoms with Crippen molar-refractivity contribution in [2.24, 2.45) is 17.6 Å². The van der Waals surface area contributed by atoms with Crippen molar-refractivity contribution in [3.63, 3.8) is 0 Å². The number of hydrogen-bond donors (Lipinski definition) is 1. The van der Waals surface area contributed by atoms with Gasteiger partial charge >= 0.3 is 0 Å². The summed E-state index contributed by atoms with van der Waals surface area (Å²) < 4.78 is 15.2. The van der Waals surface area contributed by atoms with Crippen LogP contribution in [0.3, 0.4) is 0 Å². The molecule has 2 aliphatic heterocycles. The molecular weight excluding hydrogens is 401 g/mol. The van der Waals surface area contributed by atoms with E-state index >= 15 is 0 Å². The lowest BCUT2D eigenvalue weighted by Gasteiger charge is -2.21. The Morgan fingerprint density at radius 2 is 1.93 bits per heavy atom. The zero-order chi connectivity index (χ0) is 19.0. The normalized spacial score (nSPS) is 26.0. The number of carbonyl (C=O) groups is 2. The Kier molecular flexibility index (Phi) is 6.45. The van der Waals surface area contributed by atoms with E-state index in [1.165, 1.54) is 36.3 Å². The molecule has 2 fully saturated rings. The molecule has 150 valence electrons. The number of imide groups is 1. The Bertz CT molecular complexity index is 840. The van der Waals surface area contributed by atoms with Crippen LogP contribution in [0.1, 0.15) is 31.2 Å². The third-order valence-electron chi connectivity index (χ3n) is 5.74. The third kappa shape index (κ3) is 4.10. The third-order valence-corrected chi connectivity index (χ3v) is 6.65. The minimum absolute atomic E-state index is 0. The largest absolute Gasteiger partial charge is 1.00 e. The van der Waals surface area contributed by atoms with Crippen LogP contribution in [-0.4, -0.2) is 46.1 Å². The summed E-state index contributed by atoms with van der Waals surface area (Å²) in [6, 6.07) is 5.85. The van der Waals surface area contributed by atoms with Gasteiger partial charge in [0.05, 0.1) is 23.9 Å². The predicted molar refractivity (Wildman–Crippen MR) is 104 cm³/mol. The maximum absolute atomic E-state index is 13.0. The number of fused-ring (bicyclic) bond motifs is 1. The molecule has 0 radical (unpaired) electrons. The van der Waals surface area contributed by atoms with Crippen LogP contribution in [0.4, 0.5) is 9.18 Å². The predicted octanol–water partition coefficient (Wildman–Crippen LogP) is 0.0557. The molecule has 0 aromatic heterocycles. The van der Waals surface area contributed by atoms with Gasteiger partial charge in [-0.15, -0.1) is 0 Å². The van der Waals surface area contributed by atoms with Crippen molar-refractivity contribution >= 4 is 34.8 Å². The fraction of sp³-hybridized carbons (Fsp3) is 0.450. The first-order valence-electron chi connectivity index (χ1n) is 9.41. The smallest absolute Gasteiger partial charge is 0.293 e. The molecule has 8 heteroatoms. The quantitative estimate of drug-likeness (QED) is 0.549. The standard InChI is InChI=1S/C20H22FN3O2S.ClH/c21-15-7-5-13(6-8-15)11-17-19(25)24(20(26)27-17)10-9-23-12-14-3-1-2-4-16(14)18(23)22;/h5-8,11,14,16,22H,1-4,9-10,12H2;1H/b17-11-;. The molecule has 0 spiro atoms. The average molecular weight is 424 g/mol. The molecule has 3 aliphatic rings. The Morgan fingerprint density at radius 3 is 2.64 bits per heavy atom. The lowest BCUT2D eigenvalue weighted by atomic mass is 9.80. The topological polar surface area (TPSA) is 66.4 Å². The minimum atomic E-state index is -0.333. The SMILES string of the molecule is NC1=[N+](CCN2C(=O)S/C(=C\c3ccc(F)cc3)C2=O)CC2CCCCC12.[Cl-]. The van der Waals surface area contributed by atoms with Crippen LogP contribution < -0.4 is 18.1 Å². The summed E-state index contributed by atoms with van der Waals surface area (Å²) in [6.45, 7) is 1.85. The molecule has 1 aliphatic carbocycles. The molecule has 2 atom stereocenters. The molecule has 2 unspecified atom stereocenters. The maximum atomic E-state index is 13.0. The molecule has 2 heterocycles. The lowest BCUT2D eigenvalue weighted by Crippen LogP contribution is -3.00. The molecule has 1 saturated heterocycles. The molecular formula is C20H23ClFN3O2S. The summed E-state index contributed by atoms with van der Waals surface area (Å²) >= 11 is 0.932. The molecule has 28 heavy (non-hydrogen) atoms. The van der Waals surface area contributed by atoms with Gasteiger partial charge in [-0.3, -0.25) is 24.8 Å². The fourth-order valence-electron chi connectivity index (χ4n) is 4.28. The Labute approximate surface area is 174 Å². The van der Waals surface area contributed by atoms with Crippen molar-refractivity contribution in [2.75, 3.05) is 19.6 Å². The number of benzene rings is 1. The molecule has 4 rings (SSSR count). The Hall–Kier alpha value is -1.86. The van der Waals surface area contributed by atoms with Gasteiger partial charge in [-0.25, -0.2) is 4.39 Å². The van der Waals surface area contributed by atoms with Gasteiger partial charge in [-0.05, 0) is 48.4 Å². The van der Waals surface area contributed by atoms with E-state index < -0.39 is 0 Å². The zero-order valence-corrected chi connectivity index (χ0v) is 17.0. The van der Waals surface area contributed by atoms with Gasteiger partial charge in [0.25, 0.3) is 11.1 Å². The summed E-state index contributed by atoms with van der Waals surface area (Å²) in [5, 5.41) is -0.261. The zero-order valence-electron chi connectivity index (χ0n) is 15.4. The van der Waals surface area contributed by atoms with Gasteiger partial charge in [0.2, 0.25) is 5.84 Å². The fourth-order valence-corrected chi connectivity index (χ4v) is 5.15. The molecule has 0 bridgehead atoms. The van der Waals surface area contributed by atoms with Gasteiger partial charge in [-0.2, -0.15) is 0 Å². The van der Waals surface area contributed by atoms with E-state index in [0.717, 1.165) is 30.6 Å². The second-order valence-corrected chi connectivity index (χ2v) is 8.40. The van der Waals surface area contributed by atoms with E-state index in [1.54, 1.807) is 18.2 Å². The molecule has 1 aromatic carbocycles. The van der Waals surface area contributed by atoms with Crippen molar-refractivity contribution < 1.29 is 31.0 Å². The highest BCUT2D eigenvalue weighted by molar-refractivity contribution is 8.18. The van der Waals surface area contributed by atoms with E-state index in [2.05, 4.69) is 4.58 Å². The summed E-state index contributed by atoms with van der Waals surface area (Å²) in [5.41, 5.74) is 7.03. The summed E-state index contributed by atoms with van der Waals surface area (Å²) in [7, 11) is 0. The number of amidine groups is 1. The number of nitrogens with zero attached hydrogens (tertiary/aromatic N) is 2. The van der Waals surface area contributed by atoms with Crippen molar-refractivity contribution in [1.29, 1.82) is 0 Å². The molecule has 5 nitrogen and oxygen atoms in total. The second-order valence-electron chi connectivity index (χ2n) is 7.41. The van der Waals surface area contributed by atoms with Crippen molar-refractivity contribution in [1.82, 2.24) is 4.90 Å². The first kappa shape index (κ1) is 20.9. The van der Waals surface area contributed by atoms with E-state index in [-0.39, 0.29) is 29.4 Å². The van der Waals surface area contributed by atoms with Gasteiger partial charge in [0.1, 0.15) is 12.4 Å². The number of amides is 2. The number of thioether (sulfide) groups is 1. The molecule has 1 aromatic rings. The minimum Gasteiger partial charge on any atom is -1.00 e. The number of rotatable bonds is 4. The first-order valence-corrected chi connectivity index (χ1v) is 10.2. The summed E-state index contributed by atoms with van der Waals surface area (Å²) in [4.78, 5) is 26.6. The Morgan fingerprint density at radius 1 is 1.21 bits per heavy atom. The van der Waals surface area contributed by atoms with Crippen LogP contribution in [0, 0.1) is 17.7 Å². The van der Waals surface area contributed by atoms with Crippen LogP contribution in [0.5, 0.6) is 0 Å². The van der Waals surface area contributed by atoms with Crippen LogP contribution >= 0.6 is 11.8 Å². The second kappa shape index (κ2) is 8.66. The van der Waals surface area contributed by atoms with Gasteiger partial charge < -0.3 is 12.4 Å².